The molecule has 0 radical (unpaired) electrons. The van der Waals surface area contributed by atoms with Crippen molar-refractivity contribution in [3.05, 3.63) is 18.0 Å². The molecule has 1 amide bonds. The second-order valence-corrected chi connectivity index (χ2v) is 5.65. The third kappa shape index (κ3) is 3.32. The Balaban J connectivity index is 3.10. The van der Waals surface area contributed by atoms with E-state index in [1.807, 2.05) is 4.72 Å². The van der Waals surface area contributed by atoms with E-state index in [2.05, 4.69) is 5.32 Å². The SMILES string of the molecule is CNC(=O)c1cc(S(=O)(=O)N[C@@H](C)C(=O)O)cn1C. The molecule has 0 aliphatic heterocycles. The van der Waals surface area contributed by atoms with E-state index >= 15 is 0 Å². The normalized spacial score (nSPS) is 13.0. The van der Waals surface area contributed by atoms with Gasteiger partial charge in [-0.25, -0.2) is 8.42 Å². The van der Waals surface area contributed by atoms with Crippen molar-refractivity contribution in [3.63, 3.8) is 0 Å². The van der Waals surface area contributed by atoms with E-state index in [1.54, 1.807) is 0 Å². The molecular weight excluding hydrogens is 274 g/mol. The molecule has 0 saturated carbocycles. The summed E-state index contributed by atoms with van der Waals surface area (Å²) in [5.41, 5.74) is 0.158. The van der Waals surface area contributed by atoms with Crippen molar-refractivity contribution in [2.24, 2.45) is 7.05 Å². The summed E-state index contributed by atoms with van der Waals surface area (Å²) in [6, 6.07) is -0.0795. The summed E-state index contributed by atoms with van der Waals surface area (Å²) in [5, 5.41) is 11.1. The minimum absolute atomic E-state index is 0.158. The van der Waals surface area contributed by atoms with E-state index < -0.39 is 27.9 Å². The highest BCUT2D eigenvalue weighted by Gasteiger charge is 2.24. The van der Waals surface area contributed by atoms with Gasteiger partial charge in [-0.15, -0.1) is 0 Å². The molecular formula is C10H15N3O5S. The first-order valence-electron chi connectivity index (χ1n) is 5.32. The molecule has 0 aliphatic carbocycles. The summed E-state index contributed by atoms with van der Waals surface area (Å²) in [5.74, 6) is -1.72. The van der Waals surface area contributed by atoms with Gasteiger partial charge >= 0.3 is 5.97 Å². The van der Waals surface area contributed by atoms with Crippen molar-refractivity contribution in [3.8, 4) is 0 Å². The standard InChI is InChI=1S/C10H15N3O5S/c1-6(10(15)16)12-19(17,18)7-4-8(9(14)11-2)13(3)5-7/h4-6,12H,1-3H3,(H,11,14)(H,15,16)/t6-/m0/s1. The van der Waals surface area contributed by atoms with E-state index in [4.69, 9.17) is 5.11 Å². The lowest BCUT2D eigenvalue weighted by Gasteiger charge is -2.08. The third-order valence-corrected chi connectivity index (χ3v) is 3.96. The third-order valence-electron chi connectivity index (χ3n) is 2.45. The molecule has 0 saturated heterocycles. The number of carboxylic acid groups (broad SMARTS) is 1. The van der Waals surface area contributed by atoms with E-state index in [9.17, 15) is 18.0 Å². The Morgan fingerprint density at radius 2 is 2.00 bits per heavy atom. The fraction of sp³-hybridized carbons (Fsp3) is 0.400. The average Bonchev–Trinajstić information content (AvgIpc) is 2.70. The van der Waals surface area contributed by atoms with Crippen LogP contribution in [0.3, 0.4) is 0 Å². The Bertz CT molecular complexity index is 605. The van der Waals surface area contributed by atoms with Crippen LogP contribution >= 0.6 is 0 Å². The highest BCUT2D eigenvalue weighted by Crippen LogP contribution is 2.13. The minimum Gasteiger partial charge on any atom is -0.480 e. The molecule has 0 fully saturated rings. The number of hydrogen-bond acceptors (Lipinski definition) is 4. The Kier molecular flexibility index (Phi) is 4.32. The van der Waals surface area contributed by atoms with Crippen LogP contribution in [0.15, 0.2) is 17.2 Å². The Labute approximate surface area is 110 Å². The summed E-state index contributed by atoms with van der Waals surface area (Å²) >= 11 is 0. The molecule has 1 atom stereocenters. The van der Waals surface area contributed by atoms with Crippen molar-refractivity contribution in [1.29, 1.82) is 0 Å². The molecule has 0 bridgehead atoms. The molecule has 0 aliphatic rings. The first-order valence-corrected chi connectivity index (χ1v) is 6.81. The topological polar surface area (TPSA) is 118 Å². The highest BCUT2D eigenvalue weighted by atomic mass is 32.2. The molecule has 19 heavy (non-hydrogen) atoms. The lowest BCUT2D eigenvalue weighted by molar-refractivity contribution is -0.138. The molecule has 8 nitrogen and oxygen atoms in total. The van der Waals surface area contributed by atoms with Crippen LogP contribution in [-0.4, -0.2) is 43.1 Å². The number of carbonyl (C=O) groups is 2. The second-order valence-electron chi connectivity index (χ2n) is 3.93. The van der Waals surface area contributed by atoms with Gasteiger partial charge in [0.2, 0.25) is 10.0 Å². The van der Waals surface area contributed by atoms with Crippen molar-refractivity contribution < 1.29 is 23.1 Å². The molecule has 9 heteroatoms. The first-order chi connectivity index (χ1) is 8.69. The zero-order valence-electron chi connectivity index (χ0n) is 10.7. The molecule has 0 spiro atoms. The van der Waals surface area contributed by atoms with Gasteiger partial charge in [0.05, 0.1) is 0 Å². The number of aliphatic carboxylic acids is 1. The largest absolute Gasteiger partial charge is 0.480 e. The summed E-state index contributed by atoms with van der Waals surface area (Å²) in [6.45, 7) is 1.21. The van der Waals surface area contributed by atoms with Gasteiger partial charge in [0, 0.05) is 20.3 Å². The van der Waals surface area contributed by atoms with Gasteiger partial charge in [0.1, 0.15) is 16.6 Å². The summed E-state index contributed by atoms with van der Waals surface area (Å²) in [7, 11) is -1.04. The average molecular weight is 289 g/mol. The lowest BCUT2D eigenvalue weighted by atomic mass is 10.4. The number of sulfonamides is 1. The highest BCUT2D eigenvalue weighted by molar-refractivity contribution is 7.89. The number of nitrogens with zero attached hydrogens (tertiary/aromatic N) is 1. The fourth-order valence-corrected chi connectivity index (χ4v) is 2.65. The minimum atomic E-state index is -3.98. The maximum atomic E-state index is 11.9. The second kappa shape index (κ2) is 5.41. The molecule has 106 valence electrons. The Morgan fingerprint density at radius 1 is 1.42 bits per heavy atom. The maximum absolute atomic E-state index is 11.9. The molecule has 3 N–H and O–H groups in total. The van der Waals surface area contributed by atoms with Gasteiger partial charge in [-0.3, -0.25) is 9.59 Å². The van der Waals surface area contributed by atoms with Gasteiger partial charge < -0.3 is 15.0 Å². The van der Waals surface area contributed by atoms with Crippen LogP contribution in [-0.2, 0) is 21.9 Å². The fourth-order valence-electron chi connectivity index (χ4n) is 1.39. The van der Waals surface area contributed by atoms with Gasteiger partial charge in [0.15, 0.2) is 0 Å². The Hall–Kier alpha value is -1.87. The summed E-state index contributed by atoms with van der Waals surface area (Å²) in [4.78, 5) is 21.9. The van der Waals surface area contributed by atoms with Crippen LogP contribution < -0.4 is 10.0 Å². The van der Waals surface area contributed by atoms with E-state index in [0.717, 1.165) is 0 Å². The van der Waals surface area contributed by atoms with Crippen LogP contribution in [0.1, 0.15) is 17.4 Å². The number of carbonyl (C=O) groups excluding carboxylic acids is 1. The number of aromatic nitrogens is 1. The van der Waals surface area contributed by atoms with Crippen LogP contribution in [0.4, 0.5) is 0 Å². The van der Waals surface area contributed by atoms with Crippen molar-refractivity contribution in [2.45, 2.75) is 17.9 Å². The number of hydrogen-bond donors (Lipinski definition) is 3. The summed E-state index contributed by atoms with van der Waals surface area (Å²) < 4.78 is 27.2. The predicted molar refractivity (Wildman–Crippen MR) is 66.2 cm³/mol. The smallest absolute Gasteiger partial charge is 0.321 e. The van der Waals surface area contributed by atoms with Crippen molar-refractivity contribution in [2.75, 3.05) is 7.05 Å². The van der Waals surface area contributed by atoms with Gasteiger partial charge in [-0.05, 0) is 13.0 Å². The molecule has 0 unspecified atom stereocenters. The van der Waals surface area contributed by atoms with Crippen molar-refractivity contribution in [1.82, 2.24) is 14.6 Å². The summed E-state index contributed by atoms with van der Waals surface area (Å²) in [6.07, 6.45) is 1.24. The quantitative estimate of drug-likeness (QED) is 0.651. The van der Waals surface area contributed by atoms with Gasteiger partial charge in [0.25, 0.3) is 5.91 Å². The van der Waals surface area contributed by atoms with E-state index in [1.165, 1.54) is 37.8 Å². The molecule has 0 aromatic carbocycles. The zero-order chi connectivity index (χ0) is 14.8. The molecule has 1 aromatic heterocycles. The maximum Gasteiger partial charge on any atom is 0.321 e. The molecule has 1 heterocycles. The first kappa shape index (κ1) is 15.2. The number of amides is 1. The number of rotatable bonds is 5. The van der Waals surface area contributed by atoms with Crippen molar-refractivity contribution >= 4 is 21.9 Å². The predicted octanol–water partition coefficient (Wildman–Crippen LogP) is -0.864. The number of nitrogens with one attached hydrogen (secondary N) is 2. The number of carboxylic acids is 1. The van der Waals surface area contributed by atoms with Crippen LogP contribution in [0.25, 0.3) is 0 Å². The van der Waals surface area contributed by atoms with Gasteiger partial charge in [-0.1, -0.05) is 0 Å². The number of aryl methyl sites for hydroxylation is 1. The van der Waals surface area contributed by atoms with Crippen LogP contribution in [0.2, 0.25) is 0 Å². The molecule has 1 aromatic rings. The Morgan fingerprint density at radius 3 is 2.47 bits per heavy atom. The zero-order valence-corrected chi connectivity index (χ0v) is 11.5. The van der Waals surface area contributed by atoms with E-state index in [0.29, 0.717) is 0 Å². The monoisotopic (exact) mass is 289 g/mol. The van der Waals surface area contributed by atoms with Gasteiger partial charge in [-0.2, -0.15) is 4.72 Å². The van der Waals surface area contributed by atoms with E-state index in [-0.39, 0.29) is 10.6 Å². The lowest BCUT2D eigenvalue weighted by Crippen LogP contribution is -2.38. The van der Waals surface area contributed by atoms with Crippen LogP contribution in [0.5, 0.6) is 0 Å². The van der Waals surface area contributed by atoms with Crippen LogP contribution in [0, 0.1) is 0 Å². The molecule has 1 rings (SSSR count).